The van der Waals surface area contributed by atoms with E-state index in [4.69, 9.17) is 17.3 Å². The standard InChI is InChI=1S/C21H23ClN10O2/c1-24-17-13(28-14(22)15(23)29-17)18(33)30-20-27-10-21(31-20)4-8-32(9-5-21)19(34)12-3-7-26-16-11(12)2-6-25-16/h2-3,6-7H,4-5,8-10H2,1H3,(H,25,26)(H3,23,24,29)(H2,27,30,31,33). The third-order valence-corrected chi connectivity index (χ3v) is 6.48. The topological polar surface area (TPSA) is 166 Å². The Hall–Kier alpha value is -3.93. The second-order valence-electron chi connectivity index (χ2n) is 8.26. The van der Waals surface area contributed by atoms with Gasteiger partial charge in [0.25, 0.3) is 5.91 Å². The Kier molecular flexibility index (Phi) is 5.44. The van der Waals surface area contributed by atoms with Gasteiger partial charge in [0.15, 0.2) is 28.4 Å². The van der Waals surface area contributed by atoms with Gasteiger partial charge in [-0.15, -0.1) is 0 Å². The van der Waals surface area contributed by atoms with Crippen LogP contribution in [0.2, 0.25) is 5.15 Å². The molecule has 2 saturated heterocycles. The maximum Gasteiger partial charge on any atom is 0.302 e. The number of hydrogen-bond acceptors (Lipinski definition) is 7. The van der Waals surface area contributed by atoms with Crippen LogP contribution in [0.15, 0.2) is 29.5 Å². The lowest BCUT2D eigenvalue weighted by atomic mass is 9.88. The monoisotopic (exact) mass is 482 g/mol. The van der Waals surface area contributed by atoms with Gasteiger partial charge in [-0.1, -0.05) is 11.6 Å². The number of H-pyrrole nitrogens is 1. The normalized spacial score (nSPS) is 18.2. The van der Waals surface area contributed by atoms with Gasteiger partial charge in [0.1, 0.15) is 5.65 Å². The summed E-state index contributed by atoms with van der Waals surface area (Å²) < 4.78 is 0. The second-order valence-corrected chi connectivity index (χ2v) is 8.62. The molecule has 0 aromatic carbocycles. The summed E-state index contributed by atoms with van der Waals surface area (Å²) in [4.78, 5) is 47.2. The number of carbonyl (C=O) groups is 2. The first-order valence-corrected chi connectivity index (χ1v) is 11.1. The first-order chi connectivity index (χ1) is 16.4. The molecule has 0 atom stereocenters. The number of carbonyl (C=O) groups excluding carboxylic acids is 2. The van der Waals surface area contributed by atoms with Crippen LogP contribution in [0.4, 0.5) is 11.6 Å². The number of pyridine rings is 1. The quantitative estimate of drug-likeness (QED) is 0.365. The number of aliphatic imine (C=N–C) groups is 1. The Morgan fingerprint density at radius 1 is 1.26 bits per heavy atom. The van der Waals surface area contributed by atoms with Crippen LogP contribution < -0.4 is 21.7 Å². The van der Waals surface area contributed by atoms with Crippen molar-refractivity contribution in [3.8, 4) is 0 Å². The molecule has 5 rings (SSSR count). The van der Waals surface area contributed by atoms with Gasteiger partial charge in [-0.2, -0.15) is 4.99 Å². The lowest BCUT2D eigenvalue weighted by Crippen LogP contribution is -2.53. The number of amides is 2. The maximum atomic E-state index is 13.1. The molecule has 34 heavy (non-hydrogen) atoms. The van der Waals surface area contributed by atoms with Crippen molar-refractivity contribution in [1.82, 2.24) is 35.5 Å². The maximum absolute atomic E-state index is 13.1. The van der Waals surface area contributed by atoms with Crippen LogP contribution in [0.3, 0.4) is 0 Å². The van der Waals surface area contributed by atoms with Crippen molar-refractivity contribution in [2.24, 2.45) is 4.99 Å². The van der Waals surface area contributed by atoms with Crippen LogP contribution in [0.1, 0.15) is 33.7 Å². The molecule has 3 aromatic heterocycles. The van der Waals surface area contributed by atoms with Crippen LogP contribution in [0, 0.1) is 0 Å². The van der Waals surface area contributed by atoms with Crippen LogP contribution in [-0.4, -0.2) is 74.8 Å². The van der Waals surface area contributed by atoms with Gasteiger partial charge in [-0.3, -0.25) is 9.59 Å². The van der Waals surface area contributed by atoms with Gasteiger partial charge in [0.2, 0.25) is 0 Å². The Bertz CT molecular complexity index is 1310. The largest absolute Gasteiger partial charge is 0.381 e. The summed E-state index contributed by atoms with van der Waals surface area (Å²) in [6.45, 7) is 1.74. The number of nitrogens with two attached hydrogens (primary N) is 1. The van der Waals surface area contributed by atoms with E-state index >= 15 is 0 Å². The number of nitrogens with zero attached hydrogens (tertiary/aromatic N) is 5. The lowest BCUT2D eigenvalue weighted by molar-refractivity contribution is 0.0671. The molecular weight excluding hydrogens is 460 g/mol. The summed E-state index contributed by atoms with van der Waals surface area (Å²) in [6.07, 6.45) is 4.82. The number of hydrogen-bond donors (Lipinski definition) is 5. The van der Waals surface area contributed by atoms with Gasteiger partial charge >= 0.3 is 5.91 Å². The molecule has 2 fully saturated rings. The van der Waals surface area contributed by atoms with Crippen molar-refractivity contribution in [1.29, 1.82) is 0 Å². The van der Waals surface area contributed by atoms with Crippen LogP contribution in [0.25, 0.3) is 11.0 Å². The lowest BCUT2D eigenvalue weighted by Gasteiger charge is -2.38. The molecule has 6 N–H and O–H groups in total. The zero-order chi connectivity index (χ0) is 23.9. The van der Waals surface area contributed by atoms with Crippen LogP contribution in [-0.2, 0) is 0 Å². The third kappa shape index (κ3) is 3.85. The number of aromatic amines is 1. The molecular formula is C21H23ClN10O2. The Morgan fingerprint density at radius 2 is 2.06 bits per heavy atom. The third-order valence-electron chi connectivity index (χ3n) is 6.21. The van der Waals surface area contributed by atoms with Gasteiger partial charge in [0, 0.05) is 44.5 Å². The minimum absolute atomic E-state index is 0.0183. The number of nitrogens with one attached hydrogen (secondary N) is 4. The van der Waals surface area contributed by atoms with E-state index in [1.165, 1.54) is 0 Å². The summed E-state index contributed by atoms with van der Waals surface area (Å²) in [5.74, 6) is -0.0494. The number of halogens is 1. The number of guanidine groups is 1. The number of piperidine rings is 1. The Morgan fingerprint density at radius 3 is 2.82 bits per heavy atom. The summed E-state index contributed by atoms with van der Waals surface area (Å²) in [7, 11) is 1.60. The van der Waals surface area contributed by atoms with Gasteiger partial charge in [-0.25, -0.2) is 15.0 Å². The highest BCUT2D eigenvalue weighted by Gasteiger charge is 2.41. The molecule has 13 heteroatoms. The van der Waals surface area contributed by atoms with E-state index in [1.807, 2.05) is 11.0 Å². The first-order valence-electron chi connectivity index (χ1n) is 10.8. The van der Waals surface area contributed by atoms with E-state index in [2.05, 4.69) is 40.9 Å². The Balaban J connectivity index is 1.26. The highest BCUT2D eigenvalue weighted by Crippen LogP contribution is 2.27. The predicted octanol–water partition coefficient (Wildman–Crippen LogP) is 0.994. The van der Waals surface area contributed by atoms with E-state index < -0.39 is 5.91 Å². The number of anilines is 2. The fourth-order valence-electron chi connectivity index (χ4n) is 4.32. The molecule has 176 valence electrons. The molecule has 0 saturated carbocycles. The van der Waals surface area contributed by atoms with E-state index in [0.717, 1.165) is 5.39 Å². The molecule has 1 spiro atoms. The van der Waals surface area contributed by atoms with Crippen molar-refractivity contribution in [3.63, 3.8) is 0 Å². The van der Waals surface area contributed by atoms with E-state index in [0.29, 0.717) is 49.6 Å². The SMILES string of the molecule is CNc1nc(N)c(Cl)nc1C(=O)/N=C1\NCC2(CCN(C(=O)c3ccnc4[nH]ccc34)CC2)N1. The summed E-state index contributed by atoms with van der Waals surface area (Å²) in [5, 5.41) is 10.0. The van der Waals surface area contributed by atoms with Crippen molar-refractivity contribution in [2.75, 3.05) is 37.7 Å². The van der Waals surface area contributed by atoms with Crippen LogP contribution in [0.5, 0.6) is 0 Å². The molecule has 0 bridgehead atoms. The summed E-state index contributed by atoms with van der Waals surface area (Å²) >= 11 is 5.93. The highest BCUT2D eigenvalue weighted by atomic mass is 35.5. The summed E-state index contributed by atoms with van der Waals surface area (Å²) in [5.41, 5.74) is 6.67. The minimum Gasteiger partial charge on any atom is -0.381 e. The zero-order valence-electron chi connectivity index (χ0n) is 18.4. The smallest absolute Gasteiger partial charge is 0.302 e. The molecule has 2 aliphatic heterocycles. The molecule has 0 radical (unpaired) electrons. The number of likely N-dealkylation sites (tertiary alicyclic amines) is 1. The van der Waals surface area contributed by atoms with E-state index in [-0.39, 0.29) is 33.9 Å². The fraction of sp³-hybridized carbons (Fsp3) is 0.333. The van der Waals surface area contributed by atoms with E-state index in [9.17, 15) is 9.59 Å². The Labute approximate surface area is 199 Å². The zero-order valence-corrected chi connectivity index (χ0v) is 19.1. The second kappa shape index (κ2) is 8.45. The minimum atomic E-state index is -0.605. The molecule has 3 aromatic rings. The molecule has 5 heterocycles. The first kappa shape index (κ1) is 21.9. The van der Waals surface area contributed by atoms with Crippen molar-refractivity contribution < 1.29 is 9.59 Å². The van der Waals surface area contributed by atoms with Gasteiger partial charge in [-0.05, 0) is 25.0 Å². The molecule has 0 aliphatic carbocycles. The molecule has 2 aliphatic rings. The van der Waals surface area contributed by atoms with Gasteiger partial charge < -0.3 is 31.6 Å². The number of aromatic nitrogens is 4. The predicted molar refractivity (Wildman–Crippen MR) is 128 cm³/mol. The van der Waals surface area contributed by atoms with Crippen molar-refractivity contribution in [3.05, 3.63) is 40.9 Å². The average Bonchev–Trinajstić information content (AvgIpc) is 3.47. The number of nitrogen functional groups attached to an aromatic ring is 1. The summed E-state index contributed by atoms with van der Waals surface area (Å²) in [6, 6.07) is 3.61. The average molecular weight is 483 g/mol. The van der Waals surface area contributed by atoms with Crippen molar-refractivity contribution in [2.45, 2.75) is 18.4 Å². The molecule has 2 amide bonds. The number of fused-ring (bicyclic) bond motifs is 1. The molecule has 0 unspecified atom stereocenters. The van der Waals surface area contributed by atoms with Gasteiger partial charge in [0.05, 0.1) is 11.1 Å². The van der Waals surface area contributed by atoms with Crippen molar-refractivity contribution >= 4 is 52.0 Å². The number of rotatable bonds is 3. The highest BCUT2D eigenvalue weighted by molar-refractivity contribution is 6.31. The van der Waals surface area contributed by atoms with E-state index in [1.54, 1.807) is 25.5 Å². The van der Waals surface area contributed by atoms with Crippen LogP contribution >= 0.6 is 11.6 Å². The molecule has 12 nitrogen and oxygen atoms in total. The fourth-order valence-corrected chi connectivity index (χ4v) is 4.45.